The van der Waals surface area contributed by atoms with Gasteiger partial charge >= 0.3 is 5.97 Å². The number of hydrogen-bond donors (Lipinski definition) is 2. The summed E-state index contributed by atoms with van der Waals surface area (Å²) >= 11 is 6.17. The lowest BCUT2D eigenvalue weighted by Gasteiger charge is -2.30. The molecule has 12 heteroatoms. The number of nitrogens with one attached hydrogen (secondary N) is 1. The maximum Gasteiger partial charge on any atom is 0.305 e. The summed E-state index contributed by atoms with van der Waals surface area (Å²) in [6.45, 7) is 7.32. The van der Waals surface area contributed by atoms with Gasteiger partial charge in [-0.05, 0) is 30.5 Å². The Hall–Kier alpha value is -3.57. The predicted molar refractivity (Wildman–Crippen MR) is 139 cm³/mol. The maximum atomic E-state index is 14.7. The van der Waals surface area contributed by atoms with Crippen LogP contribution in [0.5, 0.6) is 0 Å². The van der Waals surface area contributed by atoms with Crippen molar-refractivity contribution in [3.05, 3.63) is 65.3 Å². The zero-order chi connectivity index (χ0) is 27.1. The number of benzene rings is 1. The molecule has 194 valence electrons. The lowest BCUT2D eigenvalue weighted by atomic mass is 9.85. The Bertz CT molecular complexity index is 1600. The third-order valence-electron chi connectivity index (χ3n) is 5.88. The molecule has 0 aliphatic rings. The molecule has 0 fully saturated rings. The van der Waals surface area contributed by atoms with Gasteiger partial charge in [-0.15, -0.1) is 0 Å². The fourth-order valence-corrected chi connectivity index (χ4v) is 5.23. The van der Waals surface area contributed by atoms with Crippen LogP contribution in [0.1, 0.15) is 32.8 Å². The van der Waals surface area contributed by atoms with Crippen molar-refractivity contribution in [3.8, 4) is 11.4 Å². The SMILES string of the molecule is Cc1ccc(S(=O)(=O)n2cc(-c3ncc(F)c(NC(CC(=O)O)C(C)(C)C)n3)c3cc(Cl)cnc32)cc1. The summed E-state index contributed by atoms with van der Waals surface area (Å²) in [4.78, 5) is 24.0. The second-order valence-corrected chi connectivity index (χ2v) is 12.0. The van der Waals surface area contributed by atoms with Crippen molar-refractivity contribution in [2.45, 2.75) is 45.1 Å². The Kier molecular flexibility index (Phi) is 6.95. The van der Waals surface area contributed by atoms with E-state index in [1.54, 1.807) is 12.1 Å². The van der Waals surface area contributed by atoms with Crippen molar-refractivity contribution < 1.29 is 22.7 Å². The molecule has 0 saturated carbocycles. The molecule has 1 atom stereocenters. The third kappa shape index (κ3) is 5.42. The molecule has 0 aliphatic carbocycles. The van der Waals surface area contributed by atoms with Crippen LogP contribution in [-0.4, -0.2) is 44.5 Å². The Morgan fingerprint density at radius 3 is 2.49 bits per heavy atom. The monoisotopic (exact) mass is 545 g/mol. The highest BCUT2D eigenvalue weighted by Crippen LogP contribution is 2.33. The highest BCUT2D eigenvalue weighted by Gasteiger charge is 2.29. The van der Waals surface area contributed by atoms with Gasteiger partial charge in [-0.1, -0.05) is 50.1 Å². The van der Waals surface area contributed by atoms with Crippen LogP contribution in [0.25, 0.3) is 22.4 Å². The largest absolute Gasteiger partial charge is 0.481 e. The average Bonchev–Trinajstić information content (AvgIpc) is 3.19. The summed E-state index contributed by atoms with van der Waals surface area (Å²) in [6.07, 6.45) is 3.32. The molecule has 0 radical (unpaired) electrons. The van der Waals surface area contributed by atoms with Crippen molar-refractivity contribution in [2.24, 2.45) is 5.41 Å². The first kappa shape index (κ1) is 26.5. The Morgan fingerprint density at radius 1 is 1.19 bits per heavy atom. The van der Waals surface area contributed by atoms with Crippen LogP contribution < -0.4 is 5.32 Å². The molecule has 0 bridgehead atoms. The summed E-state index contributed by atoms with van der Waals surface area (Å²) in [5.41, 5.74) is 0.721. The molecular weight excluding hydrogens is 521 g/mol. The van der Waals surface area contributed by atoms with Crippen LogP contribution in [0.4, 0.5) is 10.2 Å². The van der Waals surface area contributed by atoms with E-state index in [9.17, 15) is 22.7 Å². The summed E-state index contributed by atoms with van der Waals surface area (Å²) in [5.74, 6) is -2.02. The topological polar surface area (TPSA) is 127 Å². The van der Waals surface area contributed by atoms with Crippen LogP contribution in [0.2, 0.25) is 5.02 Å². The zero-order valence-corrected chi connectivity index (χ0v) is 22.1. The van der Waals surface area contributed by atoms with Crippen molar-refractivity contribution in [2.75, 3.05) is 5.32 Å². The standard InChI is InChI=1S/C25H25ClFN5O4S/c1-14-5-7-16(8-6-14)37(35,36)32-13-18(17-9-15(26)11-29-24(17)32)22-28-12-19(27)23(31-22)30-20(10-21(33)34)25(2,3)4/h5-9,11-13,20H,10H2,1-4H3,(H,33,34)(H,28,30,31). The molecule has 0 spiro atoms. The number of aryl methyl sites for hydroxylation is 1. The van der Waals surface area contributed by atoms with Gasteiger partial charge in [-0.25, -0.2) is 31.7 Å². The molecule has 3 aromatic heterocycles. The summed E-state index contributed by atoms with van der Waals surface area (Å²) in [6, 6.07) is 7.25. The molecule has 1 unspecified atom stereocenters. The third-order valence-corrected chi connectivity index (χ3v) is 7.75. The van der Waals surface area contributed by atoms with E-state index >= 15 is 0 Å². The van der Waals surface area contributed by atoms with Gasteiger partial charge in [0.1, 0.15) is 0 Å². The minimum atomic E-state index is -4.05. The molecule has 3 heterocycles. The van der Waals surface area contributed by atoms with Gasteiger partial charge in [0.05, 0.1) is 22.5 Å². The summed E-state index contributed by atoms with van der Waals surface area (Å²) < 4.78 is 42.7. The van der Waals surface area contributed by atoms with E-state index in [2.05, 4.69) is 20.3 Å². The molecular formula is C25H25ClFN5O4S. The molecule has 0 aliphatic heterocycles. The second kappa shape index (κ2) is 9.71. The van der Waals surface area contributed by atoms with Crippen molar-refractivity contribution in [1.29, 1.82) is 0 Å². The fraction of sp³-hybridized carbons (Fsp3) is 0.280. The molecule has 37 heavy (non-hydrogen) atoms. The van der Waals surface area contributed by atoms with E-state index in [1.807, 2.05) is 27.7 Å². The van der Waals surface area contributed by atoms with Crippen LogP contribution in [0, 0.1) is 18.2 Å². The molecule has 1 aromatic carbocycles. The Labute approximate surface area is 218 Å². The number of halogens is 2. The number of fused-ring (bicyclic) bond motifs is 1. The Morgan fingerprint density at radius 2 is 1.86 bits per heavy atom. The lowest BCUT2D eigenvalue weighted by Crippen LogP contribution is -2.36. The number of hydrogen-bond acceptors (Lipinski definition) is 7. The molecule has 9 nitrogen and oxygen atoms in total. The second-order valence-electron chi connectivity index (χ2n) is 9.73. The van der Waals surface area contributed by atoms with Gasteiger partial charge in [0.25, 0.3) is 10.0 Å². The van der Waals surface area contributed by atoms with Crippen molar-refractivity contribution >= 4 is 44.4 Å². The van der Waals surface area contributed by atoms with E-state index in [0.29, 0.717) is 5.39 Å². The van der Waals surface area contributed by atoms with Crippen LogP contribution in [0.3, 0.4) is 0 Å². The van der Waals surface area contributed by atoms with Gasteiger partial charge in [-0.2, -0.15) is 0 Å². The highest BCUT2D eigenvalue weighted by molar-refractivity contribution is 7.90. The normalized spacial score (nSPS) is 13.0. The number of aliphatic carboxylic acids is 1. The predicted octanol–water partition coefficient (Wildman–Crippen LogP) is 5.13. The van der Waals surface area contributed by atoms with Crippen LogP contribution in [-0.2, 0) is 14.8 Å². The molecule has 4 rings (SSSR count). The first-order chi connectivity index (χ1) is 17.3. The number of aromatic nitrogens is 4. The van der Waals surface area contributed by atoms with E-state index < -0.39 is 33.3 Å². The lowest BCUT2D eigenvalue weighted by molar-refractivity contribution is -0.137. The van der Waals surface area contributed by atoms with Crippen molar-refractivity contribution in [3.63, 3.8) is 0 Å². The van der Waals surface area contributed by atoms with Gasteiger partial charge in [0.15, 0.2) is 23.1 Å². The minimum absolute atomic E-state index is 0.0128. The maximum absolute atomic E-state index is 14.7. The number of carbonyl (C=O) groups is 1. The van der Waals surface area contributed by atoms with E-state index in [-0.39, 0.29) is 39.2 Å². The molecule has 2 N–H and O–H groups in total. The molecule has 0 saturated heterocycles. The van der Waals surface area contributed by atoms with Crippen LogP contribution >= 0.6 is 11.6 Å². The first-order valence-corrected chi connectivity index (χ1v) is 13.1. The van der Waals surface area contributed by atoms with E-state index in [4.69, 9.17) is 11.6 Å². The Balaban J connectivity index is 1.86. The van der Waals surface area contributed by atoms with Gasteiger partial charge in [0, 0.05) is 29.4 Å². The number of carboxylic acid groups (broad SMARTS) is 1. The summed E-state index contributed by atoms with van der Waals surface area (Å²) in [5, 5.41) is 12.8. The quantitative estimate of drug-likeness (QED) is 0.327. The number of rotatable bonds is 7. The van der Waals surface area contributed by atoms with Crippen molar-refractivity contribution in [1.82, 2.24) is 18.9 Å². The minimum Gasteiger partial charge on any atom is -0.481 e. The first-order valence-electron chi connectivity index (χ1n) is 11.3. The number of pyridine rings is 1. The number of carboxylic acids is 1. The molecule has 0 amide bonds. The van der Waals surface area contributed by atoms with Gasteiger partial charge in [0.2, 0.25) is 0 Å². The van der Waals surface area contributed by atoms with Crippen LogP contribution in [0.15, 0.2) is 53.8 Å². The van der Waals surface area contributed by atoms with E-state index in [1.165, 1.54) is 30.6 Å². The molecule has 4 aromatic rings. The van der Waals surface area contributed by atoms with E-state index in [0.717, 1.165) is 15.7 Å². The smallest absolute Gasteiger partial charge is 0.305 e. The van der Waals surface area contributed by atoms with Gasteiger partial charge < -0.3 is 10.4 Å². The number of anilines is 1. The highest BCUT2D eigenvalue weighted by atomic mass is 35.5. The number of nitrogens with zero attached hydrogens (tertiary/aromatic N) is 4. The fourth-order valence-electron chi connectivity index (χ4n) is 3.75. The van der Waals surface area contributed by atoms with Gasteiger partial charge in [-0.3, -0.25) is 4.79 Å². The zero-order valence-electron chi connectivity index (χ0n) is 20.5. The average molecular weight is 546 g/mol. The summed E-state index contributed by atoms with van der Waals surface area (Å²) in [7, 11) is -4.05.